The quantitative estimate of drug-likeness (QED) is 0.464. The standard InChI is InChI=1S/C9H14O3/c1-9(2,3)7(10)5-6-8(11)12-4/h5-6H,1-4H3/b6-5+. The zero-order chi connectivity index (χ0) is 9.78. The van der Waals surface area contributed by atoms with Crippen molar-refractivity contribution in [2.75, 3.05) is 7.11 Å². The van der Waals surface area contributed by atoms with Gasteiger partial charge in [0.2, 0.25) is 0 Å². The number of rotatable bonds is 2. The predicted molar refractivity (Wildman–Crippen MR) is 45.6 cm³/mol. The third-order valence-electron chi connectivity index (χ3n) is 1.31. The summed E-state index contributed by atoms with van der Waals surface area (Å²) < 4.78 is 4.34. The molecule has 0 aliphatic heterocycles. The molecule has 0 aromatic rings. The summed E-state index contributed by atoms with van der Waals surface area (Å²) in [7, 11) is 1.27. The summed E-state index contributed by atoms with van der Waals surface area (Å²) in [5, 5.41) is 0. The van der Waals surface area contributed by atoms with Crippen molar-refractivity contribution < 1.29 is 14.3 Å². The molecular formula is C9H14O3. The summed E-state index contributed by atoms with van der Waals surface area (Å²) in [5.41, 5.74) is -0.440. The fourth-order valence-electron chi connectivity index (χ4n) is 0.462. The molecule has 0 atom stereocenters. The van der Waals surface area contributed by atoms with E-state index in [1.54, 1.807) is 20.8 Å². The fraction of sp³-hybridized carbons (Fsp3) is 0.556. The zero-order valence-corrected chi connectivity index (χ0v) is 7.88. The van der Waals surface area contributed by atoms with Crippen molar-refractivity contribution in [3.63, 3.8) is 0 Å². The molecule has 0 spiro atoms. The summed E-state index contributed by atoms with van der Waals surface area (Å²) in [6.45, 7) is 5.37. The lowest BCUT2D eigenvalue weighted by molar-refractivity contribution is -0.135. The molecule has 0 unspecified atom stereocenters. The van der Waals surface area contributed by atoms with Gasteiger partial charge in [0.25, 0.3) is 0 Å². The average Bonchev–Trinajstić information content (AvgIpc) is 1.97. The molecule has 0 aliphatic rings. The Morgan fingerprint density at radius 1 is 1.17 bits per heavy atom. The number of hydrogen-bond acceptors (Lipinski definition) is 3. The van der Waals surface area contributed by atoms with Gasteiger partial charge < -0.3 is 4.74 Å². The van der Waals surface area contributed by atoms with Crippen LogP contribution in [0.3, 0.4) is 0 Å². The third kappa shape index (κ3) is 3.91. The van der Waals surface area contributed by atoms with Gasteiger partial charge in [0.05, 0.1) is 7.11 Å². The molecular weight excluding hydrogens is 156 g/mol. The first-order valence-electron chi connectivity index (χ1n) is 3.68. The molecule has 0 saturated heterocycles. The minimum Gasteiger partial charge on any atom is -0.466 e. The highest BCUT2D eigenvalue weighted by molar-refractivity contribution is 5.98. The minimum atomic E-state index is -0.507. The van der Waals surface area contributed by atoms with Crippen molar-refractivity contribution in [3.8, 4) is 0 Å². The van der Waals surface area contributed by atoms with Gasteiger partial charge in [0, 0.05) is 11.5 Å². The van der Waals surface area contributed by atoms with Gasteiger partial charge in [-0.05, 0) is 6.08 Å². The molecule has 0 fully saturated rings. The first-order valence-corrected chi connectivity index (χ1v) is 3.68. The van der Waals surface area contributed by atoms with Crippen molar-refractivity contribution in [3.05, 3.63) is 12.2 Å². The summed E-state index contributed by atoms with van der Waals surface area (Å²) in [5.74, 6) is -0.597. The van der Waals surface area contributed by atoms with Crippen LogP contribution in [-0.2, 0) is 14.3 Å². The van der Waals surface area contributed by atoms with E-state index in [4.69, 9.17) is 0 Å². The van der Waals surface area contributed by atoms with Crippen LogP contribution in [0.1, 0.15) is 20.8 Å². The lowest BCUT2D eigenvalue weighted by Gasteiger charge is -2.12. The molecule has 12 heavy (non-hydrogen) atoms. The SMILES string of the molecule is COC(=O)/C=C/C(=O)C(C)(C)C. The minimum absolute atomic E-state index is 0.0899. The Morgan fingerprint density at radius 3 is 2.00 bits per heavy atom. The fourth-order valence-corrected chi connectivity index (χ4v) is 0.462. The van der Waals surface area contributed by atoms with Gasteiger partial charge in [-0.1, -0.05) is 20.8 Å². The van der Waals surface area contributed by atoms with Crippen LogP contribution in [0.5, 0.6) is 0 Å². The second-order valence-electron chi connectivity index (χ2n) is 3.47. The number of carbonyl (C=O) groups excluding carboxylic acids is 2. The molecule has 0 radical (unpaired) electrons. The van der Waals surface area contributed by atoms with E-state index in [1.165, 1.54) is 13.2 Å². The molecule has 0 aromatic carbocycles. The van der Waals surface area contributed by atoms with E-state index < -0.39 is 11.4 Å². The lowest BCUT2D eigenvalue weighted by atomic mass is 9.91. The molecule has 0 saturated carbocycles. The maximum Gasteiger partial charge on any atom is 0.330 e. The molecule has 0 bridgehead atoms. The highest BCUT2D eigenvalue weighted by atomic mass is 16.5. The summed E-state index contributed by atoms with van der Waals surface area (Å²) in [6.07, 6.45) is 2.37. The number of esters is 1. The van der Waals surface area contributed by atoms with Crippen molar-refractivity contribution in [1.82, 2.24) is 0 Å². The van der Waals surface area contributed by atoms with E-state index in [1.807, 2.05) is 0 Å². The van der Waals surface area contributed by atoms with Crippen LogP contribution in [0.4, 0.5) is 0 Å². The van der Waals surface area contributed by atoms with E-state index in [-0.39, 0.29) is 5.78 Å². The van der Waals surface area contributed by atoms with E-state index in [2.05, 4.69) is 4.74 Å². The highest BCUT2D eigenvalue weighted by Crippen LogP contribution is 2.14. The van der Waals surface area contributed by atoms with E-state index in [0.29, 0.717) is 0 Å². The van der Waals surface area contributed by atoms with Gasteiger partial charge in [-0.15, -0.1) is 0 Å². The summed E-state index contributed by atoms with van der Waals surface area (Å²) in [4.78, 5) is 21.8. The first kappa shape index (κ1) is 10.9. The van der Waals surface area contributed by atoms with Gasteiger partial charge in [-0.25, -0.2) is 4.79 Å². The van der Waals surface area contributed by atoms with Crippen LogP contribution in [-0.4, -0.2) is 18.9 Å². The van der Waals surface area contributed by atoms with Crippen molar-refractivity contribution >= 4 is 11.8 Å². The Bertz CT molecular complexity index is 208. The van der Waals surface area contributed by atoms with E-state index >= 15 is 0 Å². The molecule has 0 aromatic heterocycles. The topological polar surface area (TPSA) is 43.4 Å². The molecule has 0 amide bonds. The molecule has 0 N–H and O–H groups in total. The normalized spacial score (nSPS) is 11.7. The monoisotopic (exact) mass is 170 g/mol. The smallest absolute Gasteiger partial charge is 0.330 e. The largest absolute Gasteiger partial charge is 0.466 e. The van der Waals surface area contributed by atoms with Gasteiger partial charge in [-0.3, -0.25) is 4.79 Å². The summed E-state index contributed by atoms with van der Waals surface area (Å²) >= 11 is 0. The molecule has 68 valence electrons. The van der Waals surface area contributed by atoms with Gasteiger partial charge in [-0.2, -0.15) is 0 Å². The Hall–Kier alpha value is -1.12. The average molecular weight is 170 g/mol. The van der Waals surface area contributed by atoms with Crippen LogP contribution < -0.4 is 0 Å². The lowest BCUT2D eigenvalue weighted by Crippen LogP contribution is -2.17. The zero-order valence-electron chi connectivity index (χ0n) is 7.88. The van der Waals surface area contributed by atoms with Crippen LogP contribution in [0, 0.1) is 5.41 Å². The Balaban J connectivity index is 4.19. The number of ketones is 1. The number of carbonyl (C=O) groups is 2. The van der Waals surface area contributed by atoms with Crippen molar-refractivity contribution in [2.24, 2.45) is 5.41 Å². The molecule has 0 heterocycles. The number of ether oxygens (including phenoxy) is 1. The Kier molecular flexibility index (Phi) is 3.67. The van der Waals surface area contributed by atoms with Crippen LogP contribution in [0.2, 0.25) is 0 Å². The maximum absolute atomic E-state index is 11.2. The number of methoxy groups -OCH3 is 1. The second-order valence-corrected chi connectivity index (χ2v) is 3.47. The summed E-state index contributed by atoms with van der Waals surface area (Å²) in [6, 6.07) is 0. The van der Waals surface area contributed by atoms with Crippen molar-refractivity contribution in [1.29, 1.82) is 0 Å². The first-order chi connectivity index (χ1) is 5.38. The van der Waals surface area contributed by atoms with Gasteiger partial charge in [0.15, 0.2) is 5.78 Å². The molecule has 0 rings (SSSR count). The molecule has 0 aliphatic carbocycles. The van der Waals surface area contributed by atoms with Gasteiger partial charge in [0.1, 0.15) is 0 Å². The van der Waals surface area contributed by atoms with E-state index in [9.17, 15) is 9.59 Å². The second kappa shape index (κ2) is 4.04. The van der Waals surface area contributed by atoms with Crippen LogP contribution in [0.15, 0.2) is 12.2 Å². The van der Waals surface area contributed by atoms with Crippen LogP contribution in [0.25, 0.3) is 0 Å². The third-order valence-corrected chi connectivity index (χ3v) is 1.31. The van der Waals surface area contributed by atoms with Crippen LogP contribution >= 0.6 is 0 Å². The molecule has 3 nitrogen and oxygen atoms in total. The van der Waals surface area contributed by atoms with Gasteiger partial charge >= 0.3 is 5.97 Å². The Morgan fingerprint density at radius 2 is 1.67 bits per heavy atom. The number of hydrogen-bond donors (Lipinski definition) is 0. The van der Waals surface area contributed by atoms with Crippen molar-refractivity contribution in [2.45, 2.75) is 20.8 Å². The van der Waals surface area contributed by atoms with E-state index in [0.717, 1.165) is 6.08 Å². The Labute approximate surface area is 72.4 Å². The predicted octanol–water partition coefficient (Wildman–Crippen LogP) is 1.33. The number of allylic oxidation sites excluding steroid dienone is 1. The molecule has 3 heteroatoms. The highest BCUT2D eigenvalue weighted by Gasteiger charge is 2.18. The maximum atomic E-state index is 11.2.